The molecule has 0 saturated carbocycles. The lowest BCUT2D eigenvalue weighted by Crippen LogP contribution is -2.42. The van der Waals surface area contributed by atoms with E-state index in [9.17, 15) is 4.79 Å². The Hall–Kier alpha value is -3.59. The molecule has 0 unspecified atom stereocenters. The van der Waals surface area contributed by atoms with Crippen LogP contribution in [0.1, 0.15) is 28.7 Å². The zero-order chi connectivity index (χ0) is 19.4. The topological polar surface area (TPSA) is 48.6 Å². The summed E-state index contributed by atoms with van der Waals surface area (Å²) in [7, 11) is 0. The van der Waals surface area contributed by atoms with Gasteiger partial charge in [-0.3, -0.25) is 4.79 Å². The molecule has 3 nitrogen and oxygen atoms in total. The predicted octanol–water partition coefficient (Wildman–Crippen LogP) is 5.50. The number of aromatic amines is 2. The Balaban J connectivity index is 1.81. The molecule has 0 spiro atoms. The quantitative estimate of drug-likeness (QED) is 0.420. The second kappa shape index (κ2) is 5.95. The first-order chi connectivity index (χ1) is 14.3. The van der Waals surface area contributed by atoms with Crippen LogP contribution < -0.4 is 0 Å². The van der Waals surface area contributed by atoms with Crippen molar-refractivity contribution < 1.29 is 4.79 Å². The number of ketones is 1. The maximum atomic E-state index is 13.9. The van der Waals surface area contributed by atoms with Crippen molar-refractivity contribution in [1.82, 2.24) is 9.97 Å². The van der Waals surface area contributed by atoms with E-state index in [1.165, 1.54) is 5.56 Å². The van der Waals surface area contributed by atoms with Crippen LogP contribution >= 0.6 is 0 Å². The number of H-pyrrole nitrogens is 2. The van der Waals surface area contributed by atoms with E-state index in [1.807, 2.05) is 36.7 Å². The van der Waals surface area contributed by atoms with Gasteiger partial charge in [-0.15, -0.1) is 0 Å². The Kier molecular flexibility index (Phi) is 3.36. The number of carbonyl (C=O) groups is 1. The summed E-state index contributed by atoms with van der Waals surface area (Å²) < 4.78 is 0. The molecule has 0 amide bonds. The lowest BCUT2D eigenvalue weighted by Gasteiger charge is -2.38. The molecule has 2 N–H and O–H groups in total. The first kappa shape index (κ1) is 16.4. The minimum Gasteiger partial charge on any atom is -0.361 e. The maximum absolute atomic E-state index is 13.9. The van der Waals surface area contributed by atoms with E-state index in [0.29, 0.717) is 6.42 Å². The van der Waals surface area contributed by atoms with E-state index in [-0.39, 0.29) is 5.78 Å². The van der Waals surface area contributed by atoms with Crippen molar-refractivity contribution >= 4 is 27.6 Å². The molecule has 5 aromatic rings. The number of fused-ring (bicyclic) bond motifs is 3. The van der Waals surface area contributed by atoms with Gasteiger partial charge < -0.3 is 9.97 Å². The normalized spacial score (nSPS) is 15.7. The molecule has 1 aliphatic carbocycles. The lowest BCUT2D eigenvalue weighted by molar-refractivity contribution is -0.122. The Bertz CT molecular complexity index is 1310. The molecule has 2 heterocycles. The van der Waals surface area contributed by atoms with Crippen molar-refractivity contribution in [3.8, 4) is 0 Å². The fourth-order valence-electron chi connectivity index (χ4n) is 5.19. The van der Waals surface area contributed by atoms with Crippen LogP contribution in [-0.2, 0) is 16.6 Å². The van der Waals surface area contributed by atoms with Crippen LogP contribution in [0.5, 0.6) is 0 Å². The largest absolute Gasteiger partial charge is 0.361 e. The van der Waals surface area contributed by atoms with E-state index in [0.717, 1.165) is 44.9 Å². The van der Waals surface area contributed by atoms with Crippen LogP contribution in [0.25, 0.3) is 21.8 Å². The Morgan fingerprint density at radius 1 is 0.621 bits per heavy atom. The number of aryl methyl sites for hydroxylation is 1. The van der Waals surface area contributed by atoms with Gasteiger partial charge >= 0.3 is 0 Å². The summed E-state index contributed by atoms with van der Waals surface area (Å²) in [6.07, 6.45) is 5.40. The second-order valence-electron chi connectivity index (χ2n) is 7.83. The average molecular weight is 376 g/mol. The first-order valence-electron chi connectivity index (χ1n) is 10.0. The predicted molar refractivity (Wildman–Crippen MR) is 116 cm³/mol. The molecular formula is C26H20N2O. The van der Waals surface area contributed by atoms with Gasteiger partial charge in [-0.2, -0.15) is 0 Å². The van der Waals surface area contributed by atoms with Crippen molar-refractivity contribution in [3.63, 3.8) is 0 Å². The van der Waals surface area contributed by atoms with Gasteiger partial charge in [0.05, 0.1) is 0 Å². The fraction of sp³-hybridized carbons (Fsp3) is 0.115. The number of carbonyl (C=O) groups excluding carboxylic acids is 1. The highest BCUT2D eigenvalue weighted by molar-refractivity contribution is 6.07. The summed E-state index contributed by atoms with van der Waals surface area (Å²) in [5, 5.41) is 2.20. The number of nitrogens with one attached hydrogen (secondary N) is 2. The highest BCUT2D eigenvalue weighted by Gasteiger charge is 2.49. The third-order valence-corrected chi connectivity index (χ3v) is 6.45. The second-order valence-corrected chi connectivity index (χ2v) is 7.83. The third kappa shape index (κ3) is 2.10. The minimum atomic E-state index is -0.825. The van der Waals surface area contributed by atoms with Crippen LogP contribution in [0.4, 0.5) is 0 Å². The third-order valence-electron chi connectivity index (χ3n) is 6.45. The van der Waals surface area contributed by atoms with Crippen LogP contribution in [0.3, 0.4) is 0 Å². The highest BCUT2D eigenvalue weighted by Crippen LogP contribution is 2.49. The molecule has 2 aromatic heterocycles. The van der Waals surface area contributed by atoms with Crippen molar-refractivity contribution in [2.24, 2.45) is 0 Å². The SMILES string of the molecule is O=C1CCc2ccccc2C1(c1c[nH]c2ccccc12)c1c[nH]c2ccccc12. The molecule has 6 rings (SSSR count). The summed E-state index contributed by atoms with van der Waals surface area (Å²) in [4.78, 5) is 20.8. The summed E-state index contributed by atoms with van der Waals surface area (Å²) >= 11 is 0. The number of Topliss-reactive ketones (excluding diaryl/α,β-unsaturated/α-hetero) is 1. The monoisotopic (exact) mass is 376 g/mol. The molecule has 3 aromatic carbocycles. The van der Waals surface area contributed by atoms with Crippen molar-refractivity contribution in [2.75, 3.05) is 0 Å². The minimum absolute atomic E-state index is 0.255. The molecule has 0 radical (unpaired) electrons. The van der Waals surface area contributed by atoms with Crippen molar-refractivity contribution in [1.29, 1.82) is 0 Å². The Labute approximate surface area is 168 Å². The van der Waals surface area contributed by atoms with E-state index in [2.05, 4.69) is 58.5 Å². The molecule has 140 valence electrons. The summed E-state index contributed by atoms with van der Waals surface area (Å²) in [5.74, 6) is 0.255. The molecule has 0 saturated heterocycles. The van der Waals surface area contributed by atoms with Crippen LogP contribution in [0.2, 0.25) is 0 Å². The standard InChI is InChI=1S/C26H20N2O/c29-25-14-13-17-7-1-4-10-20(17)26(25,21-15-27-23-11-5-2-8-18(21)23)22-16-28-24-12-6-3-9-19(22)24/h1-12,15-16,27-28H,13-14H2. The van der Waals surface area contributed by atoms with Crippen LogP contribution in [0.15, 0.2) is 85.2 Å². The Morgan fingerprint density at radius 2 is 1.17 bits per heavy atom. The van der Waals surface area contributed by atoms with Crippen LogP contribution in [-0.4, -0.2) is 15.8 Å². The zero-order valence-electron chi connectivity index (χ0n) is 15.9. The number of aromatic nitrogens is 2. The van der Waals surface area contributed by atoms with E-state index >= 15 is 0 Å². The van der Waals surface area contributed by atoms with Gasteiger partial charge in [-0.25, -0.2) is 0 Å². The van der Waals surface area contributed by atoms with Gasteiger partial charge in [-0.1, -0.05) is 60.7 Å². The average Bonchev–Trinajstić information content (AvgIpc) is 3.39. The molecule has 1 aliphatic rings. The fourth-order valence-corrected chi connectivity index (χ4v) is 5.19. The van der Waals surface area contributed by atoms with Crippen molar-refractivity contribution in [2.45, 2.75) is 18.3 Å². The molecule has 3 heteroatoms. The van der Waals surface area contributed by atoms with Crippen molar-refractivity contribution in [3.05, 3.63) is 107 Å². The van der Waals surface area contributed by atoms with Crippen LogP contribution in [0, 0.1) is 0 Å². The van der Waals surface area contributed by atoms with Gasteiger partial charge in [-0.05, 0) is 40.8 Å². The smallest absolute Gasteiger partial charge is 0.152 e. The van der Waals surface area contributed by atoms with E-state index in [1.54, 1.807) is 0 Å². The number of para-hydroxylation sites is 2. The van der Waals surface area contributed by atoms with E-state index in [4.69, 9.17) is 0 Å². The molecule has 29 heavy (non-hydrogen) atoms. The van der Waals surface area contributed by atoms with Gasteiger partial charge in [0, 0.05) is 40.6 Å². The lowest BCUT2D eigenvalue weighted by atomic mass is 9.61. The summed E-state index contributed by atoms with van der Waals surface area (Å²) in [5.41, 5.74) is 5.71. The summed E-state index contributed by atoms with van der Waals surface area (Å²) in [6, 6.07) is 24.9. The summed E-state index contributed by atoms with van der Waals surface area (Å²) in [6.45, 7) is 0. The first-order valence-corrected chi connectivity index (χ1v) is 10.0. The number of rotatable bonds is 2. The molecular weight excluding hydrogens is 356 g/mol. The molecule has 0 aliphatic heterocycles. The molecule has 0 atom stereocenters. The molecule has 0 fully saturated rings. The van der Waals surface area contributed by atoms with Gasteiger partial charge in [0.25, 0.3) is 0 Å². The van der Waals surface area contributed by atoms with Gasteiger partial charge in [0.1, 0.15) is 5.41 Å². The molecule has 0 bridgehead atoms. The number of hydrogen-bond donors (Lipinski definition) is 2. The van der Waals surface area contributed by atoms with Gasteiger partial charge in [0.15, 0.2) is 5.78 Å². The maximum Gasteiger partial charge on any atom is 0.152 e. The highest BCUT2D eigenvalue weighted by atomic mass is 16.1. The number of benzene rings is 3. The Morgan fingerprint density at radius 3 is 1.83 bits per heavy atom. The van der Waals surface area contributed by atoms with E-state index < -0.39 is 5.41 Å². The number of hydrogen-bond acceptors (Lipinski definition) is 1. The zero-order valence-corrected chi connectivity index (χ0v) is 15.9. The van der Waals surface area contributed by atoms with Gasteiger partial charge in [0.2, 0.25) is 0 Å².